The van der Waals surface area contributed by atoms with Gasteiger partial charge in [-0.2, -0.15) is 13.2 Å². The third-order valence-corrected chi connectivity index (χ3v) is 6.52. The summed E-state index contributed by atoms with van der Waals surface area (Å²) in [4.78, 5) is 5.18. The maximum atomic E-state index is 13.4. The molecule has 2 heterocycles. The zero-order valence-electron chi connectivity index (χ0n) is 20.2. The van der Waals surface area contributed by atoms with Crippen molar-refractivity contribution in [3.05, 3.63) is 65.2 Å². The summed E-state index contributed by atoms with van der Waals surface area (Å²) in [7, 11) is 0. The van der Waals surface area contributed by atoms with E-state index in [-0.39, 0.29) is 13.1 Å². The Bertz CT molecular complexity index is 1080. The molecule has 30 heavy (non-hydrogen) atoms. The highest BCUT2D eigenvalue weighted by Gasteiger charge is 2.32. The molecule has 0 aromatic heterocycles. The molecule has 2 aromatic rings. The molecule has 0 spiro atoms. The van der Waals surface area contributed by atoms with Crippen LogP contribution in [0.3, 0.4) is 0 Å². The minimum absolute atomic E-state index is 0.265. The van der Waals surface area contributed by atoms with Crippen LogP contribution in [-0.2, 0) is 6.18 Å². The summed E-state index contributed by atoms with van der Waals surface area (Å²) in [6, 6.07) is 11.5. The highest BCUT2D eigenvalue weighted by atomic mass is 32.2. The SMILES string of the molecule is [2H]C([2H])(O)C([2H])([2H])N1CCN(CC/C=C2/c3ccccc3Sc3ccc(C(F)(F)F)cc32)CC1. The zero-order valence-corrected chi connectivity index (χ0v) is 17.1. The van der Waals surface area contributed by atoms with Crippen LogP contribution in [0.5, 0.6) is 0 Å². The average Bonchev–Trinajstić information content (AvgIpc) is 2.77. The first-order valence-corrected chi connectivity index (χ1v) is 10.6. The number of piperazine rings is 1. The van der Waals surface area contributed by atoms with E-state index in [1.807, 2.05) is 30.3 Å². The number of hydrogen-bond donors (Lipinski definition) is 1. The van der Waals surface area contributed by atoms with Gasteiger partial charge in [-0.25, -0.2) is 0 Å². The number of β-amino-alcohol motifs (C(OH)–C–C–N with tert-alkyl or cyclic N) is 1. The lowest BCUT2D eigenvalue weighted by atomic mass is 9.94. The Balaban J connectivity index is 1.50. The molecule has 4 rings (SSSR count). The van der Waals surface area contributed by atoms with E-state index in [1.165, 1.54) is 28.8 Å². The van der Waals surface area contributed by atoms with E-state index in [0.717, 1.165) is 27.0 Å². The van der Waals surface area contributed by atoms with Gasteiger partial charge >= 0.3 is 6.18 Å². The summed E-state index contributed by atoms with van der Waals surface area (Å²) in [5.74, 6) is 0. The second-order valence-electron chi connectivity index (χ2n) is 7.27. The van der Waals surface area contributed by atoms with Gasteiger partial charge in [0.1, 0.15) is 0 Å². The van der Waals surface area contributed by atoms with Crippen LogP contribution in [0.15, 0.2) is 58.3 Å². The number of aliphatic hydroxyl groups is 1. The molecule has 0 atom stereocenters. The highest BCUT2D eigenvalue weighted by Crippen LogP contribution is 2.47. The van der Waals surface area contributed by atoms with Crippen molar-refractivity contribution < 1.29 is 23.8 Å². The molecule has 1 N–H and O–H groups in total. The fourth-order valence-corrected chi connectivity index (χ4v) is 4.90. The Morgan fingerprint density at radius 2 is 1.70 bits per heavy atom. The molecule has 2 aliphatic heterocycles. The number of hydrogen-bond acceptors (Lipinski definition) is 4. The lowest BCUT2D eigenvalue weighted by Crippen LogP contribution is -2.47. The Hall–Kier alpha value is -1.80. The molecule has 2 aromatic carbocycles. The van der Waals surface area contributed by atoms with Gasteiger partial charge in [-0.15, -0.1) is 0 Å². The molecular formula is C23H25F3N2OS. The topological polar surface area (TPSA) is 26.7 Å². The highest BCUT2D eigenvalue weighted by molar-refractivity contribution is 7.99. The maximum absolute atomic E-state index is 13.4. The fourth-order valence-electron chi connectivity index (χ4n) is 3.81. The summed E-state index contributed by atoms with van der Waals surface area (Å²) < 4.78 is 70.5. The molecular weight excluding hydrogens is 409 g/mol. The molecule has 160 valence electrons. The summed E-state index contributed by atoms with van der Waals surface area (Å²) in [6.45, 7) is -3.28. The summed E-state index contributed by atoms with van der Waals surface area (Å²) >= 11 is 1.46. The largest absolute Gasteiger partial charge is 0.416 e. The quantitative estimate of drug-likeness (QED) is 0.630. The normalized spacial score (nSPS) is 21.9. The van der Waals surface area contributed by atoms with Gasteiger partial charge < -0.3 is 10.0 Å². The number of benzene rings is 2. The molecule has 2 aliphatic rings. The van der Waals surface area contributed by atoms with E-state index in [4.69, 9.17) is 5.48 Å². The number of halogens is 3. The van der Waals surface area contributed by atoms with E-state index in [0.29, 0.717) is 31.6 Å². The Labute approximate surface area is 184 Å². The van der Waals surface area contributed by atoms with E-state index < -0.39 is 24.8 Å². The van der Waals surface area contributed by atoms with Crippen molar-refractivity contribution >= 4 is 17.3 Å². The van der Waals surface area contributed by atoms with Crippen LogP contribution in [0.2, 0.25) is 0 Å². The Morgan fingerprint density at radius 3 is 2.43 bits per heavy atom. The minimum Gasteiger partial charge on any atom is -0.395 e. The standard InChI is InChI=1S/C23H25F3N2OS/c24-23(25,26)17-7-8-22-20(16-17)18(19-4-1-2-6-21(19)30-22)5-3-9-27-10-12-28(13-11-27)14-15-29/h1-2,4-8,16,29H,3,9-15H2/b18-5-/i14D2,15D2. The van der Waals surface area contributed by atoms with Gasteiger partial charge in [0.25, 0.3) is 0 Å². The van der Waals surface area contributed by atoms with Gasteiger partial charge in [-0.1, -0.05) is 36.0 Å². The van der Waals surface area contributed by atoms with Crippen molar-refractivity contribution in [1.29, 1.82) is 0 Å². The molecule has 0 saturated carbocycles. The Kier molecular flexibility index (Phi) is 5.13. The molecule has 3 nitrogen and oxygen atoms in total. The smallest absolute Gasteiger partial charge is 0.395 e. The second kappa shape index (κ2) is 9.14. The summed E-state index contributed by atoms with van der Waals surface area (Å²) in [5.41, 5.74) is 1.58. The summed E-state index contributed by atoms with van der Waals surface area (Å²) in [5, 5.41) is 9.50. The van der Waals surface area contributed by atoms with E-state index >= 15 is 0 Å². The van der Waals surface area contributed by atoms with Gasteiger partial charge in [0.2, 0.25) is 0 Å². The van der Waals surface area contributed by atoms with Crippen LogP contribution in [0.1, 0.15) is 28.6 Å². The van der Waals surface area contributed by atoms with Crippen molar-refractivity contribution in [3.8, 4) is 0 Å². The van der Waals surface area contributed by atoms with Crippen molar-refractivity contribution in [2.45, 2.75) is 22.4 Å². The van der Waals surface area contributed by atoms with Crippen LogP contribution < -0.4 is 0 Å². The third kappa shape index (κ3) is 4.75. The number of fused-ring (bicyclic) bond motifs is 2. The van der Waals surface area contributed by atoms with Crippen molar-refractivity contribution in [2.75, 3.05) is 45.8 Å². The predicted molar refractivity (Wildman–Crippen MR) is 114 cm³/mol. The molecule has 7 heteroatoms. The van der Waals surface area contributed by atoms with Gasteiger partial charge in [0, 0.05) is 51.8 Å². The zero-order chi connectivity index (χ0) is 24.7. The lowest BCUT2D eigenvalue weighted by Gasteiger charge is -2.34. The van der Waals surface area contributed by atoms with Crippen molar-refractivity contribution in [2.24, 2.45) is 0 Å². The minimum atomic E-state index is -4.42. The predicted octanol–water partition coefficient (Wildman–Crippen LogP) is 4.60. The van der Waals surface area contributed by atoms with Gasteiger partial charge in [0.15, 0.2) is 0 Å². The van der Waals surface area contributed by atoms with Crippen LogP contribution in [0.4, 0.5) is 13.2 Å². The summed E-state index contributed by atoms with van der Waals surface area (Å²) in [6.07, 6.45) is -1.86. The van der Waals surface area contributed by atoms with Crippen LogP contribution >= 0.6 is 11.8 Å². The molecule has 1 fully saturated rings. The fraction of sp³-hybridized carbons (Fsp3) is 0.391. The first-order chi connectivity index (χ1) is 15.9. The molecule has 0 amide bonds. The van der Waals surface area contributed by atoms with Crippen molar-refractivity contribution in [1.82, 2.24) is 9.80 Å². The maximum Gasteiger partial charge on any atom is 0.416 e. The Morgan fingerprint density at radius 1 is 1.00 bits per heavy atom. The second-order valence-corrected chi connectivity index (χ2v) is 8.35. The van der Waals surface area contributed by atoms with Gasteiger partial charge in [-0.05, 0) is 47.4 Å². The van der Waals surface area contributed by atoms with Crippen LogP contribution in [-0.4, -0.2) is 60.7 Å². The van der Waals surface area contributed by atoms with Gasteiger partial charge in [0.05, 0.1) is 14.9 Å². The lowest BCUT2D eigenvalue weighted by molar-refractivity contribution is -0.137. The van der Waals surface area contributed by atoms with Crippen molar-refractivity contribution in [3.63, 3.8) is 0 Å². The van der Waals surface area contributed by atoms with E-state index in [9.17, 15) is 18.3 Å². The molecule has 0 radical (unpaired) electrons. The molecule has 0 unspecified atom stereocenters. The average molecular weight is 439 g/mol. The third-order valence-electron chi connectivity index (χ3n) is 5.37. The van der Waals surface area contributed by atoms with E-state index in [1.54, 1.807) is 0 Å². The number of nitrogens with zero attached hydrogens (tertiary/aromatic N) is 2. The number of rotatable bonds is 5. The van der Waals surface area contributed by atoms with Crippen LogP contribution in [0.25, 0.3) is 5.57 Å². The molecule has 0 aliphatic carbocycles. The van der Waals surface area contributed by atoms with Crippen LogP contribution in [0, 0.1) is 0 Å². The monoisotopic (exact) mass is 438 g/mol. The van der Waals surface area contributed by atoms with E-state index in [2.05, 4.69) is 4.90 Å². The molecule has 1 saturated heterocycles. The van der Waals surface area contributed by atoms with Gasteiger partial charge in [-0.3, -0.25) is 4.90 Å². The number of alkyl halides is 3. The first kappa shape index (κ1) is 16.8. The molecule has 0 bridgehead atoms. The first-order valence-electron chi connectivity index (χ1n) is 11.8.